The summed E-state index contributed by atoms with van der Waals surface area (Å²) < 4.78 is 28.1. The van der Waals surface area contributed by atoms with Crippen molar-refractivity contribution in [3.63, 3.8) is 0 Å². The van der Waals surface area contributed by atoms with Crippen molar-refractivity contribution in [3.05, 3.63) is 95.1 Å². The molecule has 0 aliphatic rings. The van der Waals surface area contributed by atoms with Gasteiger partial charge in [-0.15, -0.1) is 0 Å². The molecule has 0 heterocycles. The Balaban J connectivity index is 1.58. The molecule has 0 saturated heterocycles. The van der Waals surface area contributed by atoms with Gasteiger partial charge in [-0.1, -0.05) is 54.6 Å². The average molecular weight is 437 g/mol. The van der Waals surface area contributed by atoms with E-state index in [1.54, 1.807) is 24.3 Å². The summed E-state index contributed by atoms with van der Waals surface area (Å²) in [5.74, 6) is -0.0660. The minimum absolute atomic E-state index is 0.0660. The summed E-state index contributed by atoms with van der Waals surface area (Å²) in [5.41, 5.74) is 4.74. The van der Waals surface area contributed by atoms with Gasteiger partial charge >= 0.3 is 0 Å². The van der Waals surface area contributed by atoms with Crippen molar-refractivity contribution in [1.29, 1.82) is 0 Å². The van der Waals surface area contributed by atoms with Gasteiger partial charge in [-0.25, -0.2) is 13.1 Å². The smallest absolute Gasteiger partial charge is 0.241 e. The zero-order valence-electron chi connectivity index (χ0n) is 18.1. The van der Waals surface area contributed by atoms with E-state index >= 15 is 0 Å². The summed E-state index contributed by atoms with van der Waals surface area (Å²) in [7, 11) is -3.63. The summed E-state index contributed by atoms with van der Waals surface area (Å²) in [4.78, 5) is 12.5. The molecule has 0 aliphatic heterocycles. The van der Waals surface area contributed by atoms with Gasteiger partial charge in [0, 0.05) is 18.2 Å². The van der Waals surface area contributed by atoms with Crippen molar-refractivity contribution in [3.8, 4) is 0 Å². The van der Waals surface area contributed by atoms with Crippen LogP contribution in [0.15, 0.2) is 77.7 Å². The maximum absolute atomic E-state index is 12.7. The molecule has 31 heavy (non-hydrogen) atoms. The fraction of sp³-hybridized carbons (Fsp3) is 0.240. The molecule has 0 aromatic heterocycles. The van der Waals surface area contributed by atoms with Crippen LogP contribution in [0.1, 0.15) is 41.6 Å². The summed E-state index contributed by atoms with van der Waals surface area (Å²) in [5, 5.41) is 2.95. The Labute approximate surface area is 184 Å². The van der Waals surface area contributed by atoms with Crippen LogP contribution in [0.4, 0.5) is 5.69 Å². The summed E-state index contributed by atoms with van der Waals surface area (Å²) in [6.07, 6.45) is 0.855. The third-order valence-corrected chi connectivity index (χ3v) is 6.73. The molecule has 6 heteroatoms. The number of amides is 1. The molecule has 0 fully saturated rings. The molecule has 1 atom stereocenters. The van der Waals surface area contributed by atoms with Crippen molar-refractivity contribution in [2.24, 2.45) is 0 Å². The number of benzene rings is 3. The van der Waals surface area contributed by atoms with E-state index in [0.29, 0.717) is 12.8 Å². The van der Waals surface area contributed by atoms with Gasteiger partial charge in [-0.05, 0) is 67.6 Å². The van der Waals surface area contributed by atoms with Crippen LogP contribution >= 0.6 is 0 Å². The molecule has 0 spiro atoms. The SMILES string of the molecule is Cc1ccc(C)c(NC(=O)CCc2ccc(S(=O)(=O)N[C@@H](C)c3ccccc3)cc2)c1. The Bertz CT molecular complexity index is 1140. The molecule has 1 amide bonds. The van der Waals surface area contributed by atoms with Gasteiger partial charge < -0.3 is 5.32 Å². The zero-order valence-corrected chi connectivity index (χ0v) is 18.9. The molecule has 5 nitrogen and oxygen atoms in total. The predicted molar refractivity (Wildman–Crippen MR) is 124 cm³/mol. The van der Waals surface area contributed by atoms with E-state index in [1.165, 1.54) is 0 Å². The van der Waals surface area contributed by atoms with Gasteiger partial charge in [0.25, 0.3) is 0 Å². The molecule has 3 aromatic rings. The standard InChI is InChI=1S/C25H28N2O3S/c1-18-9-10-19(2)24(17-18)26-25(28)16-13-21-11-14-23(15-12-21)31(29,30)27-20(3)22-7-5-4-6-8-22/h4-12,14-15,17,20,27H,13,16H2,1-3H3,(H,26,28)/t20-/m0/s1. The van der Waals surface area contributed by atoms with Gasteiger partial charge in [0.15, 0.2) is 0 Å². The van der Waals surface area contributed by atoms with Gasteiger partial charge in [0.2, 0.25) is 15.9 Å². The maximum Gasteiger partial charge on any atom is 0.241 e. The number of anilines is 1. The predicted octanol–water partition coefficient (Wildman–Crippen LogP) is 4.91. The van der Waals surface area contributed by atoms with E-state index < -0.39 is 10.0 Å². The van der Waals surface area contributed by atoms with E-state index in [2.05, 4.69) is 10.0 Å². The van der Waals surface area contributed by atoms with Crippen LogP contribution in [-0.2, 0) is 21.2 Å². The van der Waals surface area contributed by atoms with E-state index in [1.807, 2.05) is 69.3 Å². The zero-order chi connectivity index (χ0) is 22.4. The molecule has 3 aromatic carbocycles. The Morgan fingerprint density at radius 3 is 2.29 bits per heavy atom. The number of rotatable bonds is 8. The largest absolute Gasteiger partial charge is 0.326 e. The molecule has 0 aliphatic carbocycles. The van der Waals surface area contributed by atoms with Crippen molar-refractivity contribution >= 4 is 21.6 Å². The lowest BCUT2D eigenvalue weighted by molar-refractivity contribution is -0.116. The van der Waals surface area contributed by atoms with E-state index in [9.17, 15) is 13.2 Å². The first kappa shape index (κ1) is 22.7. The van der Waals surface area contributed by atoms with E-state index in [0.717, 1.165) is 27.9 Å². The molecule has 0 saturated carbocycles. The van der Waals surface area contributed by atoms with Crippen LogP contribution in [-0.4, -0.2) is 14.3 Å². The highest BCUT2D eigenvalue weighted by molar-refractivity contribution is 7.89. The van der Waals surface area contributed by atoms with Crippen LogP contribution in [0.5, 0.6) is 0 Å². The summed E-state index contributed by atoms with van der Waals surface area (Å²) in [6.45, 7) is 5.76. The molecule has 3 rings (SSSR count). The summed E-state index contributed by atoms with van der Waals surface area (Å²) >= 11 is 0. The Morgan fingerprint density at radius 1 is 0.935 bits per heavy atom. The van der Waals surface area contributed by atoms with Gasteiger partial charge in [0.05, 0.1) is 4.90 Å². The monoisotopic (exact) mass is 436 g/mol. The minimum atomic E-state index is -3.63. The van der Waals surface area contributed by atoms with E-state index in [-0.39, 0.29) is 16.8 Å². The Hall–Kier alpha value is -2.96. The van der Waals surface area contributed by atoms with Crippen LogP contribution in [0.2, 0.25) is 0 Å². The number of hydrogen-bond donors (Lipinski definition) is 2. The molecule has 0 bridgehead atoms. The van der Waals surface area contributed by atoms with Crippen LogP contribution in [0.3, 0.4) is 0 Å². The van der Waals surface area contributed by atoms with Gasteiger partial charge in [-0.2, -0.15) is 0 Å². The molecule has 2 N–H and O–H groups in total. The lowest BCUT2D eigenvalue weighted by Gasteiger charge is -2.15. The fourth-order valence-corrected chi connectivity index (χ4v) is 4.52. The first-order chi connectivity index (χ1) is 14.7. The van der Waals surface area contributed by atoms with Crippen LogP contribution < -0.4 is 10.0 Å². The van der Waals surface area contributed by atoms with Crippen LogP contribution in [0.25, 0.3) is 0 Å². The highest BCUT2D eigenvalue weighted by Crippen LogP contribution is 2.19. The number of hydrogen-bond acceptors (Lipinski definition) is 3. The third kappa shape index (κ3) is 6.26. The quantitative estimate of drug-likeness (QED) is 0.527. The lowest BCUT2D eigenvalue weighted by atomic mass is 10.1. The summed E-state index contributed by atoms with van der Waals surface area (Å²) in [6, 6.07) is 21.7. The van der Waals surface area contributed by atoms with Crippen molar-refractivity contribution < 1.29 is 13.2 Å². The minimum Gasteiger partial charge on any atom is -0.326 e. The van der Waals surface area contributed by atoms with Crippen molar-refractivity contribution in [2.45, 2.75) is 44.6 Å². The van der Waals surface area contributed by atoms with Gasteiger partial charge in [0.1, 0.15) is 0 Å². The number of sulfonamides is 1. The average Bonchev–Trinajstić information content (AvgIpc) is 2.75. The second kappa shape index (κ2) is 9.90. The first-order valence-corrected chi connectivity index (χ1v) is 11.8. The number of nitrogens with one attached hydrogen (secondary N) is 2. The van der Waals surface area contributed by atoms with Crippen molar-refractivity contribution in [1.82, 2.24) is 4.72 Å². The number of aryl methyl sites for hydroxylation is 3. The Morgan fingerprint density at radius 2 is 1.61 bits per heavy atom. The first-order valence-electron chi connectivity index (χ1n) is 10.3. The molecule has 162 valence electrons. The number of carbonyl (C=O) groups is 1. The van der Waals surface area contributed by atoms with Gasteiger partial charge in [-0.3, -0.25) is 4.79 Å². The third-order valence-electron chi connectivity index (χ3n) is 5.17. The molecular formula is C25H28N2O3S. The lowest BCUT2D eigenvalue weighted by Crippen LogP contribution is -2.26. The molecular weight excluding hydrogens is 408 g/mol. The topological polar surface area (TPSA) is 75.3 Å². The maximum atomic E-state index is 12.7. The number of carbonyl (C=O) groups excluding carboxylic acids is 1. The Kier molecular flexibility index (Phi) is 7.25. The van der Waals surface area contributed by atoms with Crippen LogP contribution in [0, 0.1) is 13.8 Å². The second-order valence-electron chi connectivity index (χ2n) is 7.76. The van der Waals surface area contributed by atoms with E-state index in [4.69, 9.17) is 0 Å². The highest BCUT2D eigenvalue weighted by Gasteiger charge is 2.18. The second-order valence-corrected chi connectivity index (χ2v) is 9.48. The van der Waals surface area contributed by atoms with Crippen molar-refractivity contribution in [2.75, 3.05) is 5.32 Å². The normalized spacial score (nSPS) is 12.4. The highest BCUT2D eigenvalue weighted by atomic mass is 32.2. The fourth-order valence-electron chi connectivity index (χ4n) is 3.29. The molecule has 0 unspecified atom stereocenters. The molecule has 0 radical (unpaired) electrons.